The maximum absolute atomic E-state index is 13.6. The average molecular weight is 488 g/mol. The van der Waals surface area contributed by atoms with Crippen LogP contribution in [0.3, 0.4) is 0 Å². The molecule has 3 aromatic rings. The summed E-state index contributed by atoms with van der Waals surface area (Å²) in [6, 6.07) is 9.64. The number of alkyl halides is 3. The zero-order valence-electron chi connectivity index (χ0n) is 18.7. The molecule has 5 rings (SSSR count). The van der Waals surface area contributed by atoms with Gasteiger partial charge in [-0.05, 0) is 47.7 Å². The van der Waals surface area contributed by atoms with Gasteiger partial charge in [0.05, 0.1) is 14.2 Å². The third-order valence-electron chi connectivity index (χ3n) is 6.24. The van der Waals surface area contributed by atoms with Crippen LogP contribution in [0.2, 0.25) is 0 Å². The average Bonchev–Trinajstić information content (AvgIpc) is 3.27. The minimum atomic E-state index is -4.77. The van der Waals surface area contributed by atoms with Crippen molar-refractivity contribution >= 4 is 11.7 Å². The van der Waals surface area contributed by atoms with Crippen LogP contribution in [0.5, 0.6) is 11.5 Å². The lowest BCUT2D eigenvalue weighted by molar-refractivity contribution is -0.145. The van der Waals surface area contributed by atoms with Gasteiger partial charge in [0.15, 0.2) is 17.3 Å². The van der Waals surface area contributed by atoms with Crippen molar-refractivity contribution in [3.05, 3.63) is 76.5 Å². The van der Waals surface area contributed by atoms with Gasteiger partial charge < -0.3 is 14.8 Å². The summed E-state index contributed by atoms with van der Waals surface area (Å²) < 4.78 is 65.5. The number of ether oxygens (including phenoxy) is 2. The number of rotatable bonds is 4. The van der Waals surface area contributed by atoms with Crippen LogP contribution in [-0.4, -0.2) is 34.8 Å². The van der Waals surface area contributed by atoms with E-state index in [0.717, 1.165) is 10.2 Å². The van der Waals surface area contributed by atoms with E-state index in [1.54, 1.807) is 12.1 Å². The number of Topliss-reactive ketones (excluding diaryl/α,β-unsaturated/α-hetero) is 1. The van der Waals surface area contributed by atoms with Crippen molar-refractivity contribution in [1.82, 2.24) is 14.8 Å². The zero-order valence-corrected chi connectivity index (χ0v) is 18.7. The largest absolute Gasteiger partial charge is 0.493 e. The van der Waals surface area contributed by atoms with Crippen molar-refractivity contribution in [2.45, 2.75) is 31.0 Å². The molecule has 35 heavy (non-hydrogen) atoms. The van der Waals surface area contributed by atoms with Crippen molar-refractivity contribution < 1.29 is 31.8 Å². The molecule has 2 unspecified atom stereocenters. The fourth-order valence-electron chi connectivity index (χ4n) is 4.63. The maximum Gasteiger partial charge on any atom is 0.453 e. The summed E-state index contributed by atoms with van der Waals surface area (Å²) in [6.45, 7) is 0. The first-order valence-corrected chi connectivity index (χ1v) is 10.7. The normalized spacial score (nSPS) is 19.7. The lowest BCUT2D eigenvalue weighted by Gasteiger charge is -2.35. The Balaban J connectivity index is 1.59. The van der Waals surface area contributed by atoms with Crippen molar-refractivity contribution in [3.8, 4) is 11.5 Å². The first-order chi connectivity index (χ1) is 16.7. The lowest BCUT2D eigenvalue weighted by atomic mass is 9.78. The molecule has 1 aliphatic heterocycles. The van der Waals surface area contributed by atoms with E-state index in [2.05, 4.69) is 15.4 Å². The number of aromatic nitrogens is 3. The second-order valence-corrected chi connectivity index (χ2v) is 8.32. The number of hydrogen-bond acceptors (Lipinski definition) is 6. The van der Waals surface area contributed by atoms with Crippen LogP contribution in [0.15, 0.2) is 53.7 Å². The second kappa shape index (κ2) is 8.40. The molecule has 0 bridgehead atoms. The van der Waals surface area contributed by atoms with Crippen LogP contribution in [0.1, 0.15) is 41.8 Å². The van der Waals surface area contributed by atoms with Crippen LogP contribution in [0.25, 0.3) is 0 Å². The SMILES string of the molecule is COc1ccc(C2CC(=O)C3=C(C2)Nc2nc(C(F)(F)F)nn2C3c2ccc(F)cc2)cc1OC. The van der Waals surface area contributed by atoms with E-state index < -0.39 is 23.9 Å². The highest BCUT2D eigenvalue weighted by Crippen LogP contribution is 2.45. The predicted octanol–water partition coefficient (Wildman–Crippen LogP) is 4.87. The maximum atomic E-state index is 13.6. The first kappa shape index (κ1) is 22.9. The number of benzene rings is 2. The Morgan fingerprint density at radius 1 is 1.00 bits per heavy atom. The monoisotopic (exact) mass is 488 g/mol. The third-order valence-corrected chi connectivity index (χ3v) is 6.24. The molecule has 2 aliphatic rings. The molecule has 0 saturated heterocycles. The summed E-state index contributed by atoms with van der Waals surface area (Å²) in [7, 11) is 3.03. The zero-order chi connectivity index (χ0) is 24.9. The summed E-state index contributed by atoms with van der Waals surface area (Å²) in [5, 5.41) is 6.56. The molecule has 1 aliphatic carbocycles. The molecule has 2 heterocycles. The molecule has 0 fully saturated rings. The van der Waals surface area contributed by atoms with Crippen molar-refractivity contribution in [2.24, 2.45) is 0 Å². The number of nitrogens with zero attached hydrogens (tertiary/aromatic N) is 3. The number of allylic oxidation sites excluding steroid dienone is 2. The molecule has 2 atom stereocenters. The fraction of sp³-hybridized carbons (Fsp3) is 0.292. The number of carbonyl (C=O) groups is 1. The van der Waals surface area contributed by atoms with Crippen molar-refractivity contribution in [3.63, 3.8) is 0 Å². The second-order valence-electron chi connectivity index (χ2n) is 8.32. The van der Waals surface area contributed by atoms with Crippen LogP contribution in [0.4, 0.5) is 23.5 Å². The number of fused-ring (bicyclic) bond motifs is 1. The summed E-state index contributed by atoms with van der Waals surface area (Å²) in [4.78, 5) is 17.1. The van der Waals surface area contributed by atoms with E-state index in [4.69, 9.17) is 9.47 Å². The Labute approximate surface area is 197 Å². The topological polar surface area (TPSA) is 78.3 Å². The highest BCUT2D eigenvalue weighted by Gasteiger charge is 2.43. The number of nitrogens with one attached hydrogen (secondary N) is 1. The van der Waals surface area contributed by atoms with Gasteiger partial charge in [-0.25, -0.2) is 9.07 Å². The highest BCUT2D eigenvalue weighted by molar-refractivity contribution is 6.00. The number of hydrogen-bond donors (Lipinski definition) is 1. The summed E-state index contributed by atoms with van der Waals surface area (Å²) in [5.74, 6) is -1.41. The van der Waals surface area contributed by atoms with Gasteiger partial charge in [-0.1, -0.05) is 18.2 Å². The number of ketones is 1. The van der Waals surface area contributed by atoms with Crippen LogP contribution >= 0.6 is 0 Å². The molecule has 0 radical (unpaired) electrons. The van der Waals surface area contributed by atoms with Gasteiger partial charge in [-0.2, -0.15) is 18.2 Å². The smallest absolute Gasteiger partial charge is 0.453 e. The molecule has 0 spiro atoms. The number of anilines is 1. The van der Waals surface area contributed by atoms with E-state index in [0.29, 0.717) is 34.8 Å². The highest BCUT2D eigenvalue weighted by atomic mass is 19.4. The lowest BCUT2D eigenvalue weighted by Crippen LogP contribution is -2.33. The Bertz CT molecular complexity index is 1330. The van der Waals surface area contributed by atoms with Gasteiger partial charge in [0.25, 0.3) is 5.82 Å². The third kappa shape index (κ3) is 4.00. The van der Waals surface area contributed by atoms with Crippen LogP contribution < -0.4 is 14.8 Å². The predicted molar refractivity (Wildman–Crippen MR) is 117 cm³/mol. The van der Waals surface area contributed by atoms with Crippen molar-refractivity contribution in [2.75, 3.05) is 19.5 Å². The molecular formula is C24H20F4N4O3. The summed E-state index contributed by atoms with van der Waals surface area (Å²) >= 11 is 0. The molecule has 7 nitrogen and oxygen atoms in total. The van der Waals surface area contributed by atoms with E-state index in [9.17, 15) is 22.4 Å². The molecule has 0 amide bonds. The van der Waals surface area contributed by atoms with E-state index in [1.165, 1.54) is 38.5 Å². The molecule has 2 aromatic carbocycles. The molecule has 11 heteroatoms. The fourth-order valence-corrected chi connectivity index (χ4v) is 4.63. The molecule has 0 saturated carbocycles. The Morgan fingerprint density at radius 2 is 1.69 bits per heavy atom. The van der Waals surface area contributed by atoms with E-state index in [-0.39, 0.29) is 24.1 Å². The number of halogens is 4. The van der Waals surface area contributed by atoms with Gasteiger partial charge in [0.1, 0.15) is 11.9 Å². The number of methoxy groups -OCH3 is 2. The molecule has 1 N–H and O–H groups in total. The minimum Gasteiger partial charge on any atom is -0.493 e. The van der Waals surface area contributed by atoms with Crippen LogP contribution in [-0.2, 0) is 11.0 Å². The van der Waals surface area contributed by atoms with Crippen LogP contribution in [0, 0.1) is 5.82 Å². The Morgan fingerprint density at radius 3 is 2.34 bits per heavy atom. The molecule has 1 aromatic heterocycles. The minimum absolute atomic E-state index is 0.129. The first-order valence-electron chi connectivity index (χ1n) is 10.7. The standard InChI is InChI=1S/C24H20F4N4O3/c1-34-18-8-5-13(11-19(18)35-2)14-9-16-20(17(33)10-14)21(12-3-6-15(25)7-4-12)32-23(29-16)30-22(31-32)24(26,27)28/h3-8,11,14,21H,9-10H2,1-2H3,(H,29,30,31). The van der Waals surface area contributed by atoms with Gasteiger partial charge in [0, 0.05) is 17.7 Å². The van der Waals surface area contributed by atoms with Crippen molar-refractivity contribution in [1.29, 1.82) is 0 Å². The quantitative estimate of drug-likeness (QED) is 0.528. The van der Waals surface area contributed by atoms with Gasteiger partial charge in [-0.3, -0.25) is 4.79 Å². The van der Waals surface area contributed by atoms with Gasteiger partial charge in [0.2, 0.25) is 5.95 Å². The Kier molecular flexibility index (Phi) is 5.49. The van der Waals surface area contributed by atoms with E-state index >= 15 is 0 Å². The Hall–Kier alpha value is -3.89. The number of carbonyl (C=O) groups excluding carboxylic acids is 1. The summed E-state index contributed by atoms with van der Waals surface area (Å²) in [5.41, 5.74) is 2.01. The van der Waals surface area contributed by atoms with Gasteiger partial charge in [-0.15, -0.1) is 5.10 Å². The summed E-state index contributed by atoms with van der Waals surface area (Å²) in [6.07, 6.45) is -4.29. The molecular weight excluding hydrogens is 468 g/mol. The van der Waals surface area contributed by atoms with E-state index in [1.807, 2.05) is 6.07 Å². The van der Waals surface area contributed by atoms with Gasteiger partial charge >= 0.3 is 6.18 Å². The molecule has 182 valence electrons.